The van der Waals surface area contributed by atoms with E-state index >= 15 is 0 Å². The van der Waals surface area contributed by atoms with Crippen molar-refractivity contribution in [3.8, 4) is 17.0 Å². The molecule has 1 aliphatic heterocycles. The number of rotatable bonds is 14. The number of carbonyl (C=O) groups excluding carboxylic acids is 4. The van der Waals surface area contributed by atoms with Gasteiger partial charge >= 0.3 is 12.1 Å². The second-order valence-corrected chi connectivity index (χ2v) is 10.4. The van der Waals surface area contributed by atoms with Crippen LogP contribution >= 0.6 is 0 Å². The number of carbonyl (C=O) groups is 5. The van der Waals surface area contributed by atoms with Crippen LogP contribution < -0.4 is 10.1 Å². The van der Waals surface area contributed by atoms with Gasteiger partial charge in [0.05, 0.1) is 12.3 Å². The van der Waals surface area contributed by atoms with E-state index in [2.05, 4.69) is 10.3 Å². The molecule has 3 rings (SSSR count). The first-order valence-electron chi connectivity index (χ1n) is 15.4. The Morgan fingerprint density at radius 2 is 1.60 bits per heavy atom. The maximum absolute atomic E-state index is 13.6. The number of amides is 4. The topological polar surface area (TPSA) is 159 Å². The Balaban J connectivity index is 1.87. The summed E-state index contributed by atoms with van der Waals surface area (Å²) in [5, 5.41) is 12.0. The molecular weight excluding hydrogens is 582 g/mol. The van der Waals surface area contributed by atoms with Crippen LogP contribution in [-0.2, 0) is 19.1 Å². The lowest BCUT2D eigenvalue weighted by molar-refractivity contribution is -0.139. The molecule has 2 aromatic rings. The van der Waals surface area contributed by atoms with E-state index < -0.39 is 36.0 Å². The number of pyridine rings is 1. The fraction of sp³-hybridized carbons (Fsp3) is 0.500. The largest absolute Gasteiger partial charge is 0.481 e. The Morgan fingerprint density at radius 3 is 2.18 bits per heavy atom. The Bertz CT molecular complexity index is 1330. The van der Waals surface area contributed by atoms with Gasteiger partial charge in [0.2, 0.25) is 5.91 Å². The molecule has 1 fully saturated rings. The van der Waals surface area contributed by atoms with Crippen molar-refractivity contribution in [3.05, 3.63) is 48.2 Å². The first-order valence-corrected chi connectivity index (χ1v) is 15.4. The highest BCUT2D eigenvalue weighted by atomic mass is 16.6. The van der Waals surface area contributed by atoms with Gasteiger partial charge in [-0.05, 0) is 33.6 Å². The van der Waals surface area contributed by atoms with Gasteiger partial charge in [0.15, 0.2) is 6.10 Å². The zero-order chi connectivity index (χ0) is 32.9. The van der Waals surface area contributed by atoms with Gasteiger partial charge in [-0.1, -0.05) is 37.3 Å². The maximum Gasteiger partial charge on any atom is 0.409 e. The first-order chi connectivity index (χ1) is 21.6. The van der Waals surface area contributed by atoms with E-state index in [0.717, 1.165) is 0 Å². The van der Waals surface area contributed by atoms with E-state index in [1.54, 1.807) is 17.9 Å². The third-order valence-electron chi connectivity index (χ3n) is 7.47. The van der Waals surface area contributed by atoms with Crippen molar-refractivity contribution in [2.45, 2.75) is 59.1 Å². The fourth-order valence-corrected chi connectivity index (χ4v) is 4.96. The molecular formula is C32H43N5O8. The number of piperazine rings is 1. The molecule has 1 aliphatic rings. The van der Waals surface area contributed by atoms with Crippen molar-refractivity contribution in [1.29, 1.82) is 0 Å². The van der Waals surface area contributed by atoms with Crippen molar-refractivity contribution >= 4 is 29.8 Å². The van der Waals surface area contributed by atoms with E-state index in [4.69, 9.17) is 9.47 Å². The Morgan fingerprint density at radius 1 is 0.956 bits per heavy atom. The molecule has 0 bridgehead atoms. The second-order valence-electron chi connectivity index (χ2n) is 10.4. The number of benzene rings is 1. The SMILES string of the molecule is CCOC(=O)N1CCN(C(=O)[C@H](CCC(=O)O)NC(=O)c2cc(OC(CC)C(=O)N(CC)CC)cc(-c3ccccc3)n2)CC1. The monoisotopic (exact) mass is 625 g/mol. The average Bonchev–Trinajstić information content (AvgIpc) is 3.05. The molecule has 244 valence electrons. The number of nitrogens with one attached hydrogen (secondary N) is 1. The molecule has 0 spiro atoms. The molecule has 2 N–H and O–H groups in total. The van der Waals surface area contributed by atoms with Crippen LogP contribution in [0.25, 0.3) is 11.3 Å². The first kappa shape index (κ1) is 34.8. The van der Waals surface area contributed by atoms with Crippen LogP contribution in [0.15, 0.2) is 42.5 Å². The van der Waals surface area contributed by atoms with Crippen molar-refractivity contribution in [2.75, 3.05) is 45.9 Å². The number of aromatic nitrogens is 1. The van der Waals surface area contributed by atoms with Gasteiger partial charge in [0.25, 0.3) is 11.8 Å². The minimum atomic E-state index is -1.15. The molecule has 1 saturated heterocycles. The van der Waals surface area contributed by atoms with E-state index in [0.29, 0.717) is 30.8 Å². The molecule has 1 unspecified atom stereocenters. The van der Waals surface area contributed by atoms with E-state index in [1.807, 2.05) is 51.1 Å². The molecule has 13 nitrogen and oxygen atoms in total. The Kier molecular flexibility index (Phi) is 13.1. The van der Waals surface area contributed by atoms with Crippen molar-refractivity contribution < 1.29 is 38.6 Å². The highest BCUT2D eigenvalue weighted by Crippen LogP contribution is 2.25. The average molecular weight is 626 g/mol. The molecule has 45 heavy (non-hydrogen) atoms. The van der Waals surface area contributed by atoms with Crippen LogP contribution in [0.3, 0.4) is 0 Å². The van der Waals surface area contributed by atoms with Gasteiger partial charge < -0.3 is 34.6 Å². The van der Waals surface area contributed by atoms with Crippen molar-refractivity contribution in [2.24, 2.45) is 0 Å². The van der Waals surface area contributed by atoms with Gasteiger partial charge in [0.1, 0.15) is 17.5 Å². The van der Waals surface area contributed by atoms with E-state index in [-0.39, 0.29) is 63.0 Å². The van der Waals surface area contributed by atoms with Crippen molar-refractivity contribution in [1.82, 2.24) is 25.0 Å². The summed E-state index contributed by atoms with van der Waals surface area (Å²) < 4.78 is 11.2. The van der Waals surface area contributed by atoms with E-state index in [1.165, 1.54) is 15.9 Å². The molecule has 2 heterocycles. The second kappa shape index (κ2) is 17.0. The number of hydrogen-bond acceptors (Lipinski definition) is 8. The zero-order valence-electron chi connectivity index (χ0n) is 26.4. The lowest BCUT2D eigenvalue weighted by atomic mass is 10.1. The summed E-state index contributed by atoms with van der Waals surface area (Å²) in [5.74, 6) is -2.19. The number of nitrogens with zero attached hydrogens (tertiary/aromatic N) is 4. The van der Waals surface area contributed by atoms with Crippen LogP contribution in [0.2, 0.25) is 0 Å². The summed E-state index contributed by atoms with van der Waals surface area (Å²) in [6.07, 6.45) is -1.35. The minimum Gasteiger partial charge on any atom is -0.481 e. The summed E-state index contributed by atoms with van der Waals surface area (Å²) in [6.45, 7) is 9.51. The Hall–Kier alpha value is -4.68. The predicted octanol–water partition coefficient (Wildman–Crippen LogP) is 3.04. The standard InChI is InChI=1S/C32H43N5O8/c1-5-27(31(42)35(6-2)7-3)45-23-20-25(22-12-10-9-11-13-22)33-26(21-23)29(40)34-24(14-15-28(38)39)30(41)36-16-18-37(19-17-36)32(43)44-8-4/h9-13,20-21,24,27H,5-8,14-19H2,1-4H3,(H,34,40)(H,38,39)/t24-,27?/m0/s1. The molecule has 4 amide bonds. The Labute approximate surface area is 263 Å². The molecule has 2 atom stereocenters. The number of hydrogen-bond donors (Lipinski definition) is 2. The molecule has 1 aromatic heterocycles. The number of carboxylic acid groups (broad SMARTS) is 1. The maximum atomic E-state index is 13.6. The quantitative estimate of drug-likeness (QED) is 0.322. The number of likely N-dealkylation sites (N-methyl/N-ethyl adjacent to an activating group) is 1. The predicted molar refractivity (Wildman–Crippen MR) is 166 cm³/mol. The van der Waals surface area contributed by atoms with Gasteiger partial charge in [-0.2, -0.15) is 0 Å². The summed E-state index contributed by atoms with van der Waals surface area (Å²) in [5.41, 5.74) is 1.07. The zero-order valence-corrected chi connectivity index (χ0v) is 26.4. The lowest BCUT2D eigenvalue weighted by Crippen LogP contribution is -2.56. The number of aliphatic carboxylic acids is 1. The van der Waals surface area contributed by atoms with Crippen LogP contribution in [0.5, 0.6) is 5.75 Å². The van der Waals surface area contributed by atoms with Crippen LogP contribution in [-0.4, -0.2) is 113 Å². The highest BCUT2D eigenvalue weighted by Gasteiger charge is 2.31. The third-order valence-corrected chi connectivity index (χ3v) is 7.47. The normalized spacial score (nSPS) is 14.2. The van der Waals surface area contributed by atoms with Crippen molar-refractivity contribution in [3.63, 3.8) is 0 Å². The molecule has 0 aliphatic carbocycles. The van der Waals surface area contributed by atoms with Crippen LogP contribution in [0.4, 0.5) is 4.79 Å². The molecule has 0 saturated carbocycles. The number of ether oxygens (including phenoxy) is 2. The third kappa shape index (κ3) is 9.65. The van der Waals surface area contributed by atoms with Gasteiger partial charge in [-0.3, -0.25) is 19.2 Å². The van der Waals surface area contributed by atoms with Crippen LogP contribution in [0.1, 0.15) is 57.4 Å². The summed E-state index contributed by atoms with van der Waals surface area (Å²) in [6, 6.07) is 11.1. The van der Waals surface area contributed by atoms with Gasteiger partial charge in [-0.15, -0.1) is 0 Å². The summed E-state index contributed by atoms with van der Waals surface area (Å²) in [4.78, 5) is 72.9. The van der Waals surface area contributed by atoms with Gasteiger partial charge in [0, 0.05) is 63.4 Å². The van der Waals surface area contributed by atoms with E-state index in [9.17, 15) is 29.1 Å². The molecule has 13 heteroatoms. The van der Waals surface area contributed by atoms with Gasteiger partial charge in [-0.25, -0.2) is 9.78 Å². The number of carboxylic acids is 1. The minimum absolute atomic E-state index is 0.0586. The highest BCUT2D eigenvalue weighted by molar-refractivity contribution is 5.97. The summed E-state index contributed by atoms with van der Waals surface area (Å²) >= 11 is 0. The molecule has 1 aromatic carbocycles. The molecule has 0 radical (unpaired) electrons. The lowest BCUT2D eigenvalue weighted by Gasteiger charge is -2.35. The smallest absolute Gasteiger partial charge is 0.409 e. The summed E-state index contributed by atoms with van der Waals surface area (Å²) in [7, 11) is 0. The van der Waals surface area contributed by atoms with Crippen LogP contribution in [0, 0.1) is 0 Å². The fourth-order valence-electron chi connectivity index (χ4n) is 4.96.